The number of rotatable bonds is 3. The molecule has 168 valence electrons. The summed E-state index contributed by atoms with van der Waals surface area (Å²) >= 11 is 0. The van der Waals surface area contributed by atoms with E-state index < -0.39 is 0 Å². The van der Waals surface area contributed by atoms with Crippen molar-refractivity contribution in [2.75, 3.05) is 39.3 Å². The molecule has 2 aromatic rings. The number of carbonyl (C=O) groups is 2. The first-order valence-electron chi connectivity index (χ1n) is 11.9. The van der Waals surface area contributed by atoms with Gasteiger partial charge in [-0.3, -0.25) is 24.5 Å². The lowest BCUT2D eigenvalue weighted by Crippen LogP contribution is -2.56. The molecular weight excluding hydrogens is 402 g/mol. The third-order valence-electron chi connectivity index (χ3n) is 7.24. The Morgan fingerprint density at radius 3 is 2.44 bits per heavy atom. The van der Waals surface area contributed by atoms with Crippen molar-refractivity contribution in [3.8, 4) is 0 Å². The molecule has 3 saturated heterocycles. The Kier molecular flexibility index (Phi) is 6.17. The highest BCUT2D eigenvalue weighted by molar-refractivity contribution is 5.94. The number of nitrogens with zero attached hydrogens (tertiary/aromatic N) is 5. The van der Waals surface area contributed by atoms with Crippen molar-refractivity contribution in [3.63, 3.8) is 0 Å². The van der Waals surface area contributed by atoms with E-state index in [9.17, 15) is 9.59 Å². The van der Waals surface area contributed by atoms with Gasteiger partial charge < -0.3 is 9.80 Å². The van der Waals surface area contributed by atoms with Gasteiger partial charge in [0.2, 0.25) is 0 Å². The average Bonchev–Trinajstić information content (AvgIpc) is 2.88. The van der Waals surface area contributed by atoms with Gasteiger partial charge in [0, 0.05) is 62.8 Å². The number of likely N-dealkylation sites (tertiary alicyclic amines) is 1. The number of hydrogen-bond donors (Lipinski definition) is 0. The van der Waals surface area contributed by atoms with E-state index in [1.165, 1.54) is 25.8 Å². The number of pyridine rings is 2. The summed E-state index contributed by atoms with van der Waals surface area (Å²) in [6.45, 7) is 5.21. The van der Waals surface area contributed by atoms with Gasteiger partial charge in [-0.05, 0) is 56.5 Å². The predicted octanol–water partition coefficient (Wildman–Crippen LogP) is 2.81. The molecule has 0 unspecified atom stereocenters. The molecule has 0 N–H and O–H groups in total. The van der Waals surface area contributed by atoms with Crippen LogP contribution in [0.5, 0.6) is 0 Å². The summed E-state index contributed by atoms with van der Waals surface area (Å²) < 4.78 is 0. The Morgan fingerprint density at radius 1 is 0.812 bits per heavy atom. The van der Waals surface area contributed by atoms with E-state index >= 15 is 0 Å². The standard InChI is InChI=1S/C25H31N5O2/c31-24(30-16-15-28-12-4-2-5-21(28)18-30)20-7-8-22(27-17-20)19-9-13-29(14-10-19)25(32)23-6-1-3-11-26-23/h1,3,6-8,11,17,19,21H,2,4-5,9-10,12-16,18H2/t21-/m1/s1. The second-order valence-electron chi connectivity index (χ2n) is 9.19. The smallest absolute Gasteiger partial charge is 0.272 e. The topological polar surface area (TPSA) is 69.6 Å². The first-order chi connectivity index (χ1) is 15.7. The molecule has 0 spiro atoms. The molecule has 0 aromatic carbocycles. The molecule has 7 heteroatoms. The van der Waals surface area contributed by atoms with Gasteiger partial charge in [-0.25, -0.2) is 0 Å². The normalized spacial score (nSPS) is 22.4. The molecule has 0 saturated carbocycles. The number of aromatic nitrogens is 2. The zero-order valence-corrected chi connectivity index (χ0v) is 18.5. The van der Waals surface area contributed by atoms with Gasteiger partial charge >= 0.3 is 0 Å². The maximum Gasteiger partial charge on any atom is 0.272 e. The highest BCUT2D eigenvalue weighted by Crippen LogP contribution is 2.28. The summed E-state index contributed by atoms with van der Waals surface area (Å²) in [4.78, 5) is 40.9. The fourth-order valence-electron chi connectivity index (χ4n) is 5.33. The van der Waals surface area contributed by atoms with E-state index in [0.29, 0.717) is 36.3 Å². The lowest BCUT2D eigenvalue weighted by Gasteiger charge is -2.44. The van der Waals surface area contributed by atoms with Crippen LogP contribution in [0.1, 0.15) is 64.6 Å². The Bertz CT molecular complexity index is 941. The maximum absolute atomic E-state index is 13.0. The molecule has 0 aliphatic carbocycles. The van der Waals surface area contributed by atoms with E-state index in [4.69, 9.17) is 0 Å². The summed E-state index contributed by atoms with van der Waals surface area (Å²) in [6.07, 6.45) is 8.91. The van der Waals surface area contributed by atoms with E-state index in [-0.39, 0.29) is 11.8 Å². The molecule has 7 nitrogen and oxygen atoms in total. The van der Waals surface area contributed by atoms with E-state index in [1.807, 2.05) is 34.1 Å². The molecule has 3 aliphatic rings. The van der Waals surface area contributed by atoms with Crippen molar-refractivity contribution in [2.24, 2.45) is 0 Å². The van der Waals surface area contributed by atoms with Crippen LogP contribution in [0.2, 0.25) is 0 Å². The van der Waals surface area contributed by atoms with Crippen LogP contribution >= 0.6 is 0 Å². The summed E-state index contributed by atoms with van der Waals surface area (Å²) in [7, 11) is 0. The Morgan fingerprint density at radius 2 is 1.69 bits per heavy atom. The minimum absolute atomic E-state index is 0.00369. The Labute approximate surface area is 189 Å². The lowest BCUT2D eigenvalue weighted by molar-refractivity contribution is 0.0372. The largest absolute Gasteiger partial charge is 0.337 e. The quantitative estimate of drug-likeness (QED) is 0.745. The molecule has 3 aliphatic heterocycles. The first-order valence-corrected chi connectivity index (χ1v) is 11.9. The average molecular weight is 434 g/mol. The van der Waals surface area contributed by atoms with Crippen LogP contribution in [0, 0.1) is 0 Å². The molecule has 5 heterocycles. The molecule has 0 radical (unpaired) electrons. The third kappa shape index (κ3) is 4.39. The van der Waals surface area contributed by atoms with Crippen molar-refractivity contribution >= 4 is 11.8 Å². The van der Waals surface area contributed by atoms with Crippen LogP contribution in [0.4, 0.5) is 0 Å². The maximum atomic E-state index is 13.0. The van der Waals surface area contributed by atoms with Gasteiger partial charge in [0.25, 0.3) is 11.8 Å². The molecule has 5 rings (SSSR count). The Balaban J connectivity index is 1.16. The molecule has 2 aromatic heterocycles. The van der Waals surface area contributed by atoms with Crippen molar-refractivity contribution in [2.45, 2.75) is 44.1 Å². The van der Waals surface area contributed by atoms with Crippen molar-refractivity contribution in [1.29, 1.82) is 0 Å². The summed E-state index contributed by atoms with van der Waals surface area (Å²) in [5.41, 5.74) is 2.20. The van der Waals surface area contributed by atoms with Gasteiger partial charge in [0.05, 0.1) is 5.56 Å². The monoisotopic (exact) mass is 433 g/mol. The first kappa shape index (κ1) is 21.1. The van der Waals surface area contributed by atoms with Crippen molar-refractivity contribution in [1.82, 2.24) is 24.7 Å². The summed E-state index contributed by atoms with van der Waals surface area (Å²) in [5, 5.41) is 0. The van der Waals surface area contributed by atoms with Crippen LogP contribution in [-0.4, -0.2) is 81.8 Å². The van der Waals surface area contributed by atoms with Gasteiger partial charge in [0.1, 0.15) is 5.69 Å². The van der Waals surface area contributed by atoms with Gasteiger partial charge in [-0.2, -0.15) is 0 Å². The predicted molar refractivity (Wildman–Crippen MR) is 121 cm³/mol. The van der Waals surface area contributed by atoms with Crippen LogP contribution in [0.25, 0.3) is 0 Å². The molecule has 32 heavy (non-hydrogen) atoms. The SMILES string of the molecule is O=C(c1ccc(C2CCN(C(=O)c3ccccn3)CC2)nc1)N1CCN2CCCC[C@@H]2C1. The van der Waals surface area contributed by atoms with Gasteiger partial charge in [0.15, 0.2) is 0 Å². The van der Waals surface area contributed by atoms with Crippen LogP contribution in [-0.2, 0) is 0 Å². The van der Waals surface area contributed by atoms with E-state index in [2.05, 4.69) is 14.9 Å². The van der Waals surface area contributed by atoms with E-state index in [1.54, 1.807) is 18.5 Å². The molecule has 2 amide bonds. The minimum Gasteiger partial charge on any atom is -0.337 e. The summed E-state index contributed by atoms with van der Waals surface area (Å²) in [6, 6.07) is 9.88. The molecule has 0 bridgehead atoms. The number of piperazine rings is 1. The van der Waals surface area contributed by atoms with Crippen LogP contribution in [0.15, 0.2) is 42.7 Å². The van der Waals surface area contributed by atoms with Crippen LogP contribution in [0.3, 0.4) is 0 Å². The zero-order valence-electron chi connectivity index (χ0n) is 18.5. The van der Waals surface area contributed by atoms with Crippen LogP contribution < -0.4 is 0 Å². The molecule has 3 fully saturated rings. The fourth-order valence-corrected chi connectivity index (χ4v) is 5.33. The lowest BCUT2D eigenvalue weighted by atomic mass is 9.92. The summed E-state index contributed by atoms with van der Waals surface area (Å²) in [5.74, 6) is 0.416. The highest BCUT2D eigenvalue weighted by Gasteiger charge is 2.32. The number of hydrogen-bond acceptors (Lipinski definition) is 5. The second-order valence-corrected chi connectivity index (χ2v) is 9.19. The van der Waals surface area contributed by atoms with Gasteiger partial charge in [-0.15, -0.1) is 0 Å². The number of carbonyl (C=O) groups excluding carboxylic acids is 2. The zero-order chi connectivity index (χ0) is 21.9. The number of amides is 2. The fraction of sp³-hybridized carbons (Fsp3) is 0.520. The second kappa shape index (κ2) is 9.36. The Hall–Kier alpha value is -2.80. The highest BCUT2D eigenvalue weighted by atomic mass is 16.2. The third-order valence-corrected chi connectivity index (χ3v) is 7.24. The van der Waals surface area contributed by atoms with E-state index in [0.717, 1.165) is 38.2 Å². The number of piperidine rings is 2. The number of fused-ring (bicyclic) bond motifs is 1. The van der Waals surface area contributed by atoms with Gasteiger partial charge in [-0.1, -0.05) is 12.5 Å². The minimum atomic E-state index is -0.00369. The molecular formula is C25H31N5O2. The van der Waals surface area contributed by atoms with Crippen molar-refractivity contribution in [3.05, 3.63) is 59.7 Å². The molecule has 1 atom stereocenters. The van der Waals surface area contributed by atoms with Crippen molar-refractivity contribution < 1.29 is 9.59 Å².